The molecule has 2 aromatic carbocycles. The second-order valence-corrected chi connectivity index (χ2v) is 9.51. The van der Waals surface area contributed by atoms with Gasteiger partial charge in [-0.25, -0.2) is 0 Å². The Morgan fingerprint density at radius 3 is 2.59 bits per heavy atom. The zero-order valence-electron chi connectivity index (χ0n) is 22.1. The quantitative estimate of drug-likeness (QED) is 0.336. The summed E-state index contributed by atoms with van der Waals surface area (Å²) in [6, 6.07) is 14.5. The normalized spacial score (nSPS) is 14.0. The molecule has 0 bridgehead atoms. The number of hydrogen-bond donors (Lipinski definition) is 1. The monoisotopic (exact) mass is 530 g/mol. The van der Waals surface area contributed by atoms with Crippen LogP contribution in [0.25, 0.3) is 10.9 Å². The van der Waals surface area contributed by atoms with Crippen molar-refractivity contribution in [1.82, 2.24) is 9.88 Å². The maximum Gasteiger partial charge on any atom is 0.306 e. The van der Waals surface area contributed by atoms with Gasteiger partial charge in [-0.3, -0.25) is 19.5 Å². The van der Waals surface area contributed by atoms with Gasteiger partial charge in [0, 0.05) is 30.7 Å². The summed E-state index contributed by atoms with van der Waals surface area (Å²) >= 11 is 0. The first kappa shape index (κ1) is 26.2. The van der Waals surface area contributed by atoms with Crippen LogP contribution in [0.1, 0.15) is 40.5 Å². The van der Waals surface area contributed by atoms with E-state index in [1.54, 1.807) is 20.4 Å². The molecule has 1 aliphatic rings. The molecular weight excluding hydrogens is 500 g/mol. The number of carbonyl (C=O) groups is 1. The number of aromatic hydroxyl groups is 1. The lowest BCUT2D eigenvalue weighted by molar-refractivity contribution is -0.140. The number of hydrogen-bond acceptors (Lipinski definition) is 9. The highest BCUT2D eigenvalue weighted by Gasteiger charge is 2.28. The number of aromatic nitrogens is 1. The minimum atomic E-state index is -0.728. The highest BCUT2D eigenvalue weighted by molar-refractivity contribution is 5.80. The molecule has 5 rings (SSSR count). The third-order valence-corrected chi connectivity index (χ3v) is 7.12. The number of rotatable bonds is 8. The van der Waals surface area contributed by atoms with Crippen molar-refractivity contribution in [2.75, 3.05) is 27.9 Å². The van der Waals surface area contributed by atoms with Crippen molar-refractivity contribution in [3.8, 4) is 17.2 Å². The van der Waals surface area contributed by atoms with E-state index < -0.39 is 23.1 Å². The summed E-state index contributed by atoms with van der Waals surface area (Å²) in [5.41, 5.74) is 3.21. The fourth-order valence-electron chi connectivity index (χ4n) is 5.09. The van der Waals surface area contributed by atoms with E-state index in [0.29, 0.717) is 35.9 Å². The molecule has 4 aromatic rings. The fourth-order valence-corrected chi connectivity index (χ4v) is 5.09. The minimum absolute atomic E-state index is 0.0370. The van der Waals surface area contributed by atoms with Crippen molar-refractivity contribution in [2.24, 2.45) is 0 Å². The second kappa shape index (κ2) is 11.2. The van der Waals surface area contributed by atoms with Crippen molar-refractivity contribution < 1.29 is 28.5 Å². The van der Waals surface area contributed by atoms with E-state index in [1.165, 1.54) is 18.7 Å². The maximum absolute atomic E-state index is 12.9. The van der Waals surface area contributed by atoms with Crippen LogP contribution in [0.5, 0.6) is 17.2 Å². The summed E-state index contributed by atoms with van der Waals surface area (Å²) < 4.78 is 22.0. The van der Waals surface area contributed by atoms with Crippen molar-refractivity contribution >= 4 is 16.9 Å². The smallest absolute Gasteiger partial charge is 0.306 e. The average Bonchev–Trinajstić information content (AvgIpc) is 2.96. The Balaban J connectivity index is 1.48. The molecule has 0 unspecified atom stereocenters. The van der Waals surface area contributed by atoms with Gasteiger partial charge in [-0.15, -0.1) is 0 Å². The van der Waals surface area contributed by atoms with E-state index in [0.717, 1.165) is 29.4 Å². The van der Waals surface area contributed by atoms with E-state index in [-0.39, 0.29) is 12.2 Å². The molecule has 0 saturated heterocycles. The van der Waals surface area contributed by atoms with E-state index >= 15 is 0 Å². The summed E-state index contributed by atoms with van der Waals surface area (Å²) in [6.07, 6.45) is 2.38. The Morgan fingerprint density at radius 1 is 1.08 bits per heavy atom. The molecule has 9 heteroatoms. The number of ether oxygens (including phenoxy) is 3. The molecule has 0 radical (unpaired) electrons. The van der Waals surface area contributed by atoms with Gasteiger partial charge in [0.2, 0.25) is 11.2 Å². The van der Waals surface area contributed by atoms with Gasteiger partial charge in [-0.2, -0.15) is 0 Å². The predicted molar refractivity (Wildman–Crippen MR) is 144 cm³/mol. The van der Waals surface area contributed by atoms with Crippen LogP contribution in [-0.2, 0) is 29.0 Å². The summed E-state index contributed by atoms with van der Waals surface area (Å²) in [5, 5.41) is 11.6. The number of methoxy groups -OCH3 is 3. The Labute approximate surface area is 225 Å². The topological polar surface area (TPSA) is 111 Å². The first-order valence-corrected chi connectivity index (χ1v) is 12.6. The number of nitrogens with zero attached hydrogens (tertiary/aromatic N) is 2. The van der Waals surface area contributed by atoms with Gasteiger partial charge in [-0.1, -0.05) is 12.1 Å². The molecule has 202 valence electrons. The van der Waals surface area contributed by atoms with Crippen molar-refractivity contribution in [2.45, 2.75) is 31.8 Å². The molecule has 1 aliphatic heterocycles. The van der Waals surface area contributed by atoms with Crippen LogP contribution in [0, 0.1) is 0 Å². The molecule has 9 nitrogen and oxygen atoms in total. The Kier molecular flexibility index (Phi) is 7.51. The molecule has 39 heavy (non-hydrogen) atoms. The molecule has 1 atom stereocenters. The third-order valence-electron chi connectivity index (χ3n) is 7.12. The summed E-state index contributed by atoms with van der Waals surface area (Å²) in [4.78, 5) is 31.8. The summed E-state index contributed by atoms with van der Waals surface area (Å²) in [5.74, 6) is 0.0563. The molecular formula is C30H30N2O7. The van der Waals surface area contributed by atoms with Crippen molar-refractivity contribution in [1.29, 1.82) is 0 Å². The van der Waals surface area contributed by atoms with Gasteiger partial charge < -0.3 is 23.7 Å². The van der Waals surface area contributed by atoms with Gasteiger partial charge in [0.15, 0.2) is 17.3 Å². The van der Waals surface area contributed by atoms with E-state index in [1.807, 2.05) is 42.5 Å². The van der Waals surface area contributed by atoms with Crippen LogP contribution in [0.15, 0.2) is 63.9 Å². The van der Waals surface area contributed by atoms with Crippen LogP contribution in [-0.4, -0.2) is 48.8 Å². The molecule has 0 spiro atoms. The average molecular weight is 531 g/mol. The van der Waals surface area contributed by atoms with E-state index in [2.05, 4.69) is 9.88 Å². The number of carbonyl (C=O) groups excluding carboxylic acids is 1. The molecule has 1 N–H and O–H groups in total. The highest BCUT2D eigenvalue weighted by Crippen LogP contribution is 2.36. The van der Waals surface area contributed by atoms with Crippen molar-refractivity contribution in [3.63, 3.8) is 0 Å². The van der Waals surface area contributed by atoms with E-state index in [9.17, 15) is 14.7 Å². The Hall–Kier alpha value is -4.37. The number of esters is 1. The molecule has 3 heterocycles. The summed E-state index contributed by atoms with van der Waals surface area (Å²) in [7, 11) is 4.52. The molecule has 0 aliphatic carbocycles. The largest absolute Gasteiger partial charge is 0.502 e. The van der Waals surface area contributed by atoms with Crippen LogP contribution >= 0.6 is 0 Å². The van der Waals surface area contributed by atoms with Gasteiger partial charge in [0.1, 0.15) is 5.76 Å². The van der Waals surface area contributed by atoms with Crippen molar-refractivity contribution in [3.05, 3.63) is 93.2 Å². The maximum atomic E-state index is 12.9. The van der Waals surface area contributed by atoms with Crippen LogP contribution in [0.4, 0.5) is 0 Å². The van der Waals surface area contributed by atoms with Crippen LogP contribution < -0.4 is 14.9 Å². The third kappa shape index (κ3) is 5.44. The zero-order valence-corrected chi connectivity index (χ0v) is 22.1. The zero-order chi connectivity index (χ0) is 27.5. The molecule has 0 fully saturated rings. The lowest BCUT2D eigenvalue weighted by Gasteiger charge is -2.29. The molecule has 0 saturated carbocycles. The first-order chi connectivity index (χ1) is 18.9. The fraction of sp³-hybridized carbons (Fsp3) is 0.300. The summed E-state index contributed by atoms with van der Waals surface area (Å²) in [6.45, 7) is 1.72. The lowest BCUT2D eigenvalue weighted by Crippen LogP contribution is -2.30. The molecule has 0 amide bonds. The van der Waals surface area contributed by atoms with Gasteiger partial charge in [-0.05, 0) is 53.4 Å². The van der Waals surface area contributed by atoms with Crippen LogP contribution in [0.3, 0.4) is 0 Å². The van der Waals surface area contributed by atoms with Gasteiger partial charge >= 0.3 is 5.97 Å². The Morgan fingerprint density at radius 2 is 1.85 bits per heavy atom. The van der Waals surface area contributed by atoms with Crippen LogP contribution in [0.2, 0.25) is 0 Å². The van der Waals surface area contributed by atoms with Gasteiger partial charge in [0.25, 0.3) is 0 Å². The highest BCUT2D eigenvalue weighted by atomic mass is 16.5. The Bertz CT molecular complexity index is 1580. The molecule has 2 aromatic heterocycles. The standard InChI is InChI=1S/C30H30N2O7/c1-36-26-12-18-8-10-32(16-21(18)13-27(26)37-2)17-22-14-25(33)29(35)30(39-22)23(15-28(34)38-3)19-6-7-24-20(11-19)5-4-9-31-24/h4-7,9,11-14,23,35H,8,10,15-17H2,1-3H3/t23-/m1/s1. The lowest BCUT2D eigenvalue weighted by atomic mass is 9.91. The first-order valence-electron chi connectivity index (χ1n) is 12.6. The predicted octanol–water partition coefficient (Wildman–Crippen LogP) is 4.16. The number of benzene rings is 2. The van der Waals surface area contributed by atoms with E-state index in [4.69, 9.17) is 18.6 Å². The van der Waals surface area contributed by atoms with Gasteiger partial charge in [0.05, 0.1) is 45.7 Å². The number of fused-ring (bicyclic) bond motifs is 2. The second-order valence-electron chi connectivity index (χ2n) is 9.51. The SMILES string of the molecule is COC(=O)C[C@H](c1ccc2ncccc2c1)c1oc(CN2CCc3cc(OC)c(OC)cc3C2)cc(=O)c1O. The minimum Gasteiger partial charge on any atom is -0.502 e. The number of pyridine rings is 1.